The van der Waals surface area contributed by atoms with Gasteiger partial charge in [-0.2, -0.15) is 4.52 Å². The number of rotatable bonds is 4. The van der Waals surface area contributed by atoms with Crippen molar-refractivity contribution in [3.8, 4) is 0 Å². The highest BCUT2D eigenvalue weighted by atomic mass is 35.5. The van der Waals surface area contributed by atoms with E-state index in [1.807, 2.05) is 24.5 Å². The zero-order chi connectivity index (χ0) is 16.6. The van der Waals surface area contributed by atoms with Gasteiger partial charge in [0.1, 0.15) is 16.6 Å². The molecule has 0 aliphatic heterocycles. The maximum Gasteiger partial charge on any atom is 0.274 e. The molecule has 0 fully saturated rings. The molecule has 0 radical (unpaired) electrons. The Morgan fingerprint density at radius 3 is 2.78 bits per heavy atom. The van der Waals surface area contributed by atoms with Crippen LogP contribution in [0.4, 0.5) is 0 Å². The van der Waals surface area contributed by atoms with Gasteiger partial charge in [-0.25, -0.2) is 4.98 Å². The Bertz CT molecular complexity index is 904. The average molecular weight is 351 g/mol. The number of pyridine rings is 1. The Hall–Kier alpha value is -1.83. The van der Waals surface area contributed by atoms with Gasteiger partial charge in [-0.15, -0.1) is 5.10 Å². The third kappa shape index (κ3) is 3.12. The molecule has 0 bridgehead atoms. The average Bonchev–Trinajstić information content (AvgIpc) is 2.98. The van der Waals surface area contributed by atoms with Gasteiger partial charge < -0.3 is 9.12 Å². The predicted octanol–water partition coefficient (Wildman–Crippen LogP) is 2.03. The molecule has 1 atom stereocenters. The van der Waals surface area contributed by atoms with Gasteiger partial charge in [0, 0.05) is 29.1 Å². The SMILES string of the molecule is CC[S+]([O-])c1cc2n(Cc3ccc(Cl)nc3)c(C)cc(=O)n2n1. The fraction of sp³-hybridized carbons (Fsp3) is 0.267. The van der Waals surface area contributed by atoms with E-state index >= 15 is 0 Å². The molecular formula is C15H15ClN4O2S. The quantitative estimate of drug-likeness (QED) is 0.533. The highest BCUT2D eigenvalue weighted by Crippen LogP contribution is 2.15. The van der Waals surface area contributed by atoms with Crippen molar-refractivity contribution < 1.29 is 4.55 Å². The molecule has 0 saturated carbocycles. The molecule has 120 valence electrons. The van der Waals surface area contributed by atoms with Gasteiger partial charge in [0.15, 0.2) is 0 Å². The first-order valence-electron chi connectivity index (χ1n) is 7.08. The van der Waals surface area contributed by atoms with Gasteiger partial charge in [-0.05, 0) is 25.5 Å². The maximum atomic E-state index is 12.1. The van der Waals surface area contributed by atoms with Crippen molar-refractivity contribution in [3.63, 3.8) is 0 Å². The van der Waals surface area contributed by atoms with Crippen LogP contribution in [0, 0.1) is 6.92 Å². The van der Waals surface area contributed by atoms with E-state index in [1.165, 1.54) is 10.6 Å². The molecule has 0 aliphatic carbocycles. The zero-order valence-electron chi connectivity index (χ0n) is 12.7. The number of halogens is 1. The topological polar surface area (TPSA) is 75.2 Å². The Labute approximate surface area is 140 Å². The Morgan fingerprint density at radius 2 is 2.13 bits per heavy atom. The van der Waals surface area contributed by atoms with E-state index in [4.69, 9.17) is 11.6 Å². The predicted molar refractivity (Wildman–Crippen MR) is 89.5 cm³/mol. The third-order valence-corrected chi connectivity index (χ3v) is 4.95. The highest BCUT2D eigenvalue weighted by Gasteiger charge is 2.17. The Kier molecular flexibility index (Phi) is 4.43. The van der Waals surface area contributed by atoms with E-state index in [1.54, 1.807) is 18.3 Å². The van der Waals surface area contributed by atoms with Crippen LogP contribution < -0.4 is 5.56 Å². The normalized spacial score (nSPS) is 12.7. The van der Waals surface area contributed by atoms with Crippen LogP contribution in [0.3, 0.4) is 0 Å². The van der Waals surface area contributed by atoms with Crippen LogP contribution >= 0.6 is 11.6 Å². The Balaban J connectivity index is 2.13. The molecule has 8 heteroatoms. The second-order valence-corrected chi connectivity index (χ2v) is 7.16. The molecular weight excluding hydrogens is 336 g/mol. The summed E-state index contributed by atoms with van der Waals surface area (Å²) in [5, 5.41) is 5.03. The van der Waals surface area contributed by atoms with Crippen molar-refractivity contribution in [1.82, 2.24) is 19.2 Å². The summed E-state index contributed by atoms with van der Waals surface area (Å²) in [6.07, 6.45) is 1.69. The van der Waals surface area contributed by atoms with E-state index in [0.29, 0.717) is 28.1 Å². The molecule has 0 aliphatic rings. The fourth-order valence-corrected chi connectivity index (χ4v) is 3.17. The number of fused-ring (bicyclic) bond motifs is 1. The molecule has 3 aromatic heterocycles. The van der Waals surface area contributed by atoms with E-state index in [0.717, 1.165) is 11.3 Å². The molecule has 3 heterocycles. The minimum absolute atomic E-state index is 0.234. The molecule has 3 aromatic rings. The molecule has 0 spiro atoms. The first kappa shape index (κ1) is 16.0. The zero-order valence-corrected chi connectivity index (χ0v) is 14.3. The van der Waals surface area contributed by atoms with Crippen LogP contribution in [-0.2, 0) is 17.7 Å². The van der Waals surface area contributed by atoms with Crippen LogP contribution in [-0.4, -0.2) is 29.5 Å². The summed E-state index contributed by atoms with van der Waals surface area (Å²) in [5.74, 6) is 0.457. The van der Waals surface area contributed by atoms with Crippen LogP contribution in [0.25, 0.3) is 5.65 Å². The molecule has 0 saturated heterocycles. The van der Waals surface area contributed by atoms with Gasteiger partial charge in [-0.3, -0.25) is 4.79 Å². The lowest BCUT2D eigenvalue weighted by Gasteiger charge is -2.12. The summed E-state index contributed by atoms with van der Waals surface area (Å²) in [6, 6.07) is 6.82. The monoisotopic (exact) mass is 350 g/mol. The highest BCUT2D eigenvalue weighted by molar-refractivity contribution is 7.91. The van der Waals surface area contributed by atoms with Crippen molar-refractivity contribution in [2.75, 3.05) is 5.75 Å². The summed E-state index contributed by atoms with van der Waals surface area (Å²) in [5.41, 5.74) is 2.12. The van der Waals surface area contributed by atoms with Crippen molar-refractivity contribution in [1.29, 1.82) is 0 Å². The smallest absolute Gasteiger partial charge is 0.274 e. The van der Waals surface area contributed by atoms with Gasteiger partial charge in [0.2, 0.25) is 0 Å². The summed E-state index contributed by atoms with van der Waals surface area (Å²) in [4.78, 5) is 16.2. The molecule has 3 rings (SSSR count). The summed E-state index contributed by atoms with van der Waals surface area (Å²) in [7, 11) is 0. The van der Waals surface area contributed by atoms with Crippen LogP contribution in [0.5, 0.6) is 0 Å². The molecule has 6 nitrogen and oxygen atoms in total. The Morgan fingerprint density at radius 1 is 1.35 bits per heavy atom. The number of hydrogen-bond donors (Lipinski definition) is 0. The first-order valence-corrected chi connectivity index (χ1v) is 8.78. The van der Waals surface area contributed by atoms with Gasteiger partial charge in [-0.1, -0.05) is 17.7 Å². The van der Waals surface area contributed by atoms with Gasteiger partial charge in [0.05, 0.1) is 12.6 Å². The van der Waals surface area contributed by atoms with E-state index in [-0.39, 0.29) is 5.56 Å². The minimum Gasteiger partial charge on any atom is -0.610 e. The first-order chi connectivity index (χ1) is 11.0. The van der Waals surface area contributed by atoms with Crippen molar-refractivity contribution >= 4 is 28.4 Å². The van der Waals surface area contributed by atoms with Crippen molar-refractivity contribution in [3.05, 3.63) is 57.2 Å². The summed E-state index contributed by atoms with van der Waals surface area (Å²) < 4.78 is 15.2. The standard InChI is InChI=1S/C15H15ClN4O2S/c1-3-23(22)13-7-14-19(9-11-4-5-12(16)17-8-11)10(2)6-15(21)20(14)18-13/h4-8H,3,9H2,1-2H3. The number of hydrogen-bond acceptors (Lipinski definition) is 4. The molecule has 1 unspecified atom stereocenters. The van der Waals surface area contributed by atoms with Crippen LogP contribution in [0.2, 0.25) is 5.15 Å². The van der Waals surface area contributed by atoms with Crippen LogP contribution in [0.1, 0.15) is 18.2 Å². The minimum atomic E-state index is -1.21. The number of nitrogens with zero attached hydrogens (tertiary/aromatic N) is 4. The molecule has 0 amide bonds. The second-order valence-electron chi connectivity index (χ2n) is 5.09. The largest absolute Gasteiger partial charge is 0.610 e. The number of aryl methyl sites for hydroxylation is 1. The summed E-state index contributed by atoms with van der Waals surface area (Å²) >= 11 is 4.60. The molecule has 0 N–H and O–H groups in total. The third-order valence-electron chi connectivity index (χ3n) is 3.54. The van der Waals surface area contributed by atoms with Crippen molar-refractivity contribution in [2.24, 2.45) is 0 Å². The summed E-state index contributed by atoms with van der Waals surface area (Å²) in [6.45, 7) is 4.19. The molecule has 0 aromatic carbocycles. The second kappa shape index (κ2) is 6.35. The molecule has 23 heavy (non-hydrogen) atoms. The van der Waals surface area contributed by atoms with Crippen LogP contribution in [0.15, 0.2) is 40.3 Å². The lowest BCUT2D eigenvalue weighted by atomic mass is 10.2. The van der Waals surface area contributed by atoms with Gasteiger partial charge >= 0.3 is 0 Å². The van der Waals surface area contributed by atoms with Crippen molar-refractivity contribution in [2.45, 2.75) is 25.4 Å². The maximum absolute atomic E-state index is 12.1. The lowest BCUT2D eigenvalue weighted by molar-refractivity contribution is 0.590. The fourth-order valence-electron chi connectivity index (χ4n) is 2.35. The number of aromatic nitrogens is 4. The van der Waals surface area contributed by atoms with E-state index < -0.39 is 11.2 Å². The van der Waals surface area contributed by atoms with E-state index in [9.17, 15) is 9.35 Å². The lowest BCUT2D eigenvalue weighted by Crippen LogP contribution is -2.20. The van der Waals surface area contributed by atoms with Gasteiger partial charge in [0.25, 0.3) is 10.6 Å². The van der Waals surface area contributed by atoms with E-state index in [2.05, 4.69) is 10.1 Å².